The van der Waals surface area contributed by atoms with Crippen molar-refractivity contribution in [1.82, 2.24) is 9.55 Å². The van der Waals surface area contributed by atoms with Crippen molar-refractivity contribution in [2.75, 3.05) is 6.54 Å². The Morgan fingerprint density at radius 3 is 2.82 bits per heavy atom. The fraction of sp³-hybridized carbons (Fsp3) is 0.571. The summed E-state index contributed by atoms with van der Waals surface area (Å²) in [5.41, 5.74) is 3.72. The van der Waals surface area contributed by atoms with E-state index >= 15 is 0 Å². The van der Waals surface area contributed by atoms with Crippen LogP contribution in [-0.2, 0) is 12.7 Å². The standard InChI is InChI=1S/C7H12FN3/c1-7(8,5-9)6-10-3-4-11(6)2/h3-4H,5,9H2,1-2H3. The summed E-state index contributed by atoms with van der Waals surface area (Å²) >= 11 is 0. The Balaban J connectivity index is 3.00. The Kier molecular flexibility index (Phi) is 1.95. The SMILES string of the molecule is Cn1ccnc1C(C)(F)CN. The molecule has 3 nitrogen and oxygen atoms in total. The Bertz CT molecular complexity index is 242. The predicted octanol–water partition coefficient (Wildman–Crippen LogP) is 0.564. The van der Waals surface area contributed by atoms with Crippen molar-refractivity contribution >= 4 is 0 Å². The quantitative estimate of drug-likeness (QED) is 0.681. The van der Waals surface area contributed by atoms with Gasteiger partial charge in [-0.25, -0.2) is 9.37 Å². The van der Waals surface area contributed by atoms with Crippen molar-refractivity contribution < 1.29 is 4.39 Å². The molecule has 1 atom stereocenters. The fourth-order valence-electron chi connectivity index (χ4n) is 0.959. The van der Waals surface area contributed by atoms with Gasteiger partial charge in [0.15, 0.2) is 5.67 Å². The summed E-state index contributed by atoms with van der Waals surface area (Å²) < 4.78 is 15.1. The minimum atomic E-state index is -1.52. The highest BCUT2D eigenvalue weighted by atomic mass is 19.1. The van der Waals surface area contributed by atoms with Crippen LogP contribution in [0.1, 0.15) is 12.7 Å². The van der Waals surface area contributed by atoms with E-state index in [4.69, 9.17) is 5.73 Å². The van der Waals surface area contributed by atoms with Crippen LogP contribution < -0.4 is 5.73 Å². The summed E-state index contributed by atoms with van der Waals surface area (Å²) in [4.78, 5) is 3.87. The Labute approximate surface area is 65.0 Å². The predicted molar refractivity (Wildman–Crippen MR) is 40.7 cm³/mol. The van der Waals surface area contributed by atoms with Gasteiger partial charge in [0.1, 0.15) is 5.82 Å². The first-order valence-corrected chi connectivity index (χ1v) is 3.44. The normalized spacial score (nSPS) is 16.4. The van der Waals surface area contributed by atoms with Gasteiger partial charge in [0, 0.05) is 26.0 Å². The molecule has 1 aromatic rings. The van der Waals surface area contributed by atoms with Crippen LogP contribution >= 0.6 is 0 Å². The van der Waals surface area contributed by atoms with Crippen molar-refractivity contribution in [3.63, 3.8) is 0 Å². The highest BCUT2D eigenvalue weighted by molar-refractivity contribution is 5.03. The lowest BCUT2D eigenvalue weighted by Crippen LogP contribution is -2.29. The van der Waals surface area contributed by atoms with E-state index in [1.165, 1.54) is 6.92 Å². The van der Waals surface area contributed by atoms with Crippen LogP contribution in [0.4, 0.5) is 4.39 Å². The second-order valence-electron chi connectivity index (χ2n) is 2.76. The van der Waals surface area contributed by atoms with Crippen molar-refractivity contribution in [2.24, 2.45) is 12.8 Å². The van der Waals surface area contributed by atoms with Crippen molar-refractivity contribution in [1.29, 1.82) is 0 Å². The molecule has 1 heterocycles. The van der Waals surface area contributed by atoms with Gasteiger partial charge in [-0.1, -0.05) is 0 Å². The number of hydrogen-bond acceptors (Lipinski definition) is 2. The molecule has 2 N–H and O–H groups in total. The molecular formula is C7H12FN3. The molecule has 0 aromatic carbocycles. The molecule has 0 aliphatic rings. The molecule has 0 spiro atoms. The minimum absolute atomic E-state index is 0.0438. The molecule has 1 rings (SSSR count). The molecule has 1 aromatic heterocycles. The first-order chi connectivity index (χ1) is 5.08. The average molecular weight is 157 g/mol. The molecular weight excluding hydrogens is 145 g/mol. The fourth-order valence-corrected chi connectivity index (χ4v) is 0.959. The minimum Gasteiger partial charge on any atom is -0.335 e. The molecule has 0 amide bonds. The number of hydrogen-bond donors (Lipinski definition) is 1. The molecule has 1 unspecified atom stereocenters. The number of nitrogens with two attached hydrogens (primary N) is 1. The number of halogens is 1. The first kappa shape index (κ1) is 8.20. The number of aromatic nitrogens is 2. The first-order valence-electron chi connectivity index (χ1n) is 3.44. The van der Waals surface area contributed by atoms with Gasteiger partial charge >= 0.3 is 0 Å². The number of aryl methyl sites for hydroxylation is 1. The molecule has 0 fully saturated rings. The lowest BCUT2D eigenvalue weighted by molar-refractivity contribution is 0.184. The van der Waals surface area contributed by atoms with Gasteiger partial charge in [-0.05, 0) is 6.92 Å². The van der Waals surface area contributed by atoms with Gasteiger partial charge in [0.25, 0.3) is 0 Å². The highest BCUT2D eigenvalue weighted by Gasteiger charge is 2.27. The Hall–Kier alpha value is -0.900. The topological polar surface area (TPSA) is 43.8 Å². The molecule has 0 aliphatic heterocycles. The molecule has 0 saturated heterocycles. The van der Waals surface area contributed by atoms with Crippen LogP contribution in [0.15, 0.2) is 12.4 Å². The number of imidazole rings is 1. The van der Waals surface area contributed by atoms with Gasteiger partial charge in [0.2, 0.25) is 0 Å². The zero-order valence-corrected chi connectivity index (χ0v) is 6.71. The second-order valence-corrected chi connectivity index (χ2v) is 2.76. The Morgan fingerprint density at radius 1 is 1.82 bits per heavy atom. The lowest BCUT2D eigenvalue weighted by Gasteiger charge is -2.16. The third kappa shape index (κ3) is 1.40. The van der Waals surface area contributed by atoms with E-state index < -0.39 is 5.67 Å². The molecule has 0 radical (unpaired) electrons. The summed E-state index contributed by atoms with van der Waals surface area (Å²) in [6, 6.07) is 0. The van der Waals surface area contributed by atoms with Gasteiger partial charge in [-0.2, -0.15) is 0 Å². The maximum Gasteiger partial charge on any atom is 0.177 e. The highest BCUT2D eigenvalue weighted by Crippen LogP contribution is 2.20. The van der Waals surface area contributed by atoms with Crippen LogP contribution in [-0.4, -0.2) is 16.1 Å². The lowest BCUT2D eigenvalue weighted by atomic mass is 10.1. The maximum atomic E-state index is 13.4. The molecule has 0 bridgehead atoms. The van der Waals surface area contributed by atoms with Gasteiger partial charge in [-0.3, -0.25) is 0 Å². The van der Waals surface area contributed by atoms with Gasteiger partial charge in [0.05, 0.1) is 0 Å². The average Bonchev–Trinajstić information content (AvgIpc) is 2.36. The van der Waals surface area contributed by atoms with E-state index in [0.717, 1.165) is 0 Å². The number of nitrogens with zero attached hydrogens (tertiary/aromatic N) is 2. The van der Waals surface area contributed by atoms with E-state index in [2.05, 4.69) is 4.98 Å². The molecule has 0 saturated carbocycles. The van der Waals surface area contributed by atoms with Crippen LogP contribution in [0.3, 0.4) is 0 Å². The van der Waals surface area contributed by atoms with Crippen molar-refractivity contribution in [2.45, 2.75) is 12.6 Å². The van der Waals surface area contributed by atoms with Crippen LogP contribution in [0.2, 0.25) is 0 Å². The monoisotopic (exact) mass is 157 g/mol. The molecule has 62 valence electrons. The van der Waals surface area contributed by atoms with Crippen LogP contribution in [0, 0.1) is 0 Å². The summed E-state index contributed by atoms with van der Waals surface area (Å²) in [6.07, 6.45) is 3.26. The van der Waals surface area contributed by atoms with Gasteiger partial charge in [-0.15, -0.1) is 0 Å². The summed E-state index contributed by atoms with van der Waals surface area (Å²) in [5.74, 6) is 0.375. The number of alkyl halides is 1. The van der Waals surface area contributed by atoms with Gasteiger partial charge < -0.3 is 10.3 Å². The largest absolute Gasteiger partial charge is 0.335 e. The van der Waals surface area contributed by atoms with Crippen LogP contribution in [0.25, 0.3) is 0 Å². The molecule has 4 heteroatoms. The third-order valence-electron chi connectivity index (χ3n) is 1.67. The molecule has 0 aliphatic carbocycles. The maximum absolute atomic E-state index is 13.4. The summed E-state index contributed by atoms with van der Waals surface area (Å²) in [7, 11) is 1.75. The zero-order chi connectivity index (χ0) is 8.48. The van der Waals surface area contributed by atoms with E-state index in [-0.39, 0.29) is 6.54 Å². The van der Waals surface area contributed by atoms with E-state index in [9.17, 15) is 4.39 Å². The summed E-state index contributed by atoms with van der Waals surface area (Å²) in [6.45, 7) is 1.38. The van der Waals surface area contributed by atoms with E-state index in [0.29, 0.717) is 5.82 Å². The second kappa shape index (κ2) is 2.62. The third-order valence-corrected chi connectivity index (χ3v) is 1.67. The number of rotatable bonds is 2. The van der Waals surface area contributed by atoms with Crippen LogP contribution in [0.5, 0.6) is 0 Å². The summed E-state index contributed by atoms with van der Waals surface area (Å²) in [5, 5.41) is 0. The van der Waals surface area contributed by atoms with E-state index in [1.54, 1.807) is 24.0 Å². The smallest absolute Gasteiger partial charge is 0.177 e. The zero-order valence-electron chi connectivity index (χ0n) is 6.71. The molecule has 11 heavy (non-hydrogen) atoms. The Morgan fingerprint density at radius 2 is 2.45 bits per heavy atom. The van der Waals surface area contributed by atoms with E-state index in [1.807, 2.05) is 0 Å². The van der Waals surface area contributed by atoms with Crippen molar-refractivity contribution in [3.05, 3.63) is 18.2 Å². The van der Waals surface area contributed by atoms with Crippen molar-refractivity contribution in [3.8, 4) is 0 Å².